The maximum Gasteiger partial charge on any atom is 0.122 e. The first-order chi connectivity index (χ1) is 6.15. The van der Waals surface area contributed by atoms with Gasteiger partial charge in [0.1, 0.15) is 12.4 Å². The van der Waals surface area contributed by atoms with Gasteiger partial charge >= 0.3 is 0 Å². The van der Waals surface area contributed by atoms with Crippen molar-refractivity contribution in [2.45, 2.75) is 6.92 Å². The summed E-state index contributed by atoms with van der Waals surface area (Å²) in [6.07, 6.45) is 0. The molecule has 1 aromatic carbocycles. The van der Waals surface area contributed by atoms with Crippen LogP contribution in [0.25, 0.3) is 0 Å². The van der Waals surface area contributed by atoms with Gasteiger partial charge in [-0.2, -0.15) is 0 Å². The average Bonchev–Trinajstić information content (AvgIpc) is 2.10. The van der Waals surface area contributed by atoms with Crippen LogP contribution in [0.15, 0.2) is 12.1 Å². The van der Waals surface area contributed by atoms with Gasteiger partial charge in [-0.25, -0.2) is 0 Å². The monoisotopic (exact) mass is 255 g/mol. The summed E-state index contributed by atoms with van der Waals surface area (Å²) in [5, 5.41) is 1.22. The second-order valence-electron chi connectivity index (χ2n) is 2.65. The molecule has 0 spiro atoms. The highest BCUT2D eigenvalue weighted by Gasteiger charge is 2.03. The van der Waals surface area contributed by atoms with E-state index in [1.54, 1.807) is 12.1 Å². The van der Waals surface area contributed by atoms with Crippen molar-refractivity contribution in [3.8, 4) is 5.75 Å². The van der Waals surface area contributed by atoms with Gasteiger partial charge in [0.2, 0.25) is 0 Å². The van der Waals surface area contributed by atoms with Gasteiger partial charge in [0.25, 0.3) is 0 Å². The number of rotatable bonds is 3. The molecule has 14 heavy (non-hydrogen) atoms. The highest BCUT2D eigenvalue weighted by Crippen LogP contribution is 2.29. The Labute approximate surface area is 99.7 Å². The van der Waals surface area contributed by atoms with Gasteiger partial charge in [-0.1, -0.05) is 23.2 Å². The minimum atomic E-state index is 0. The zero-order chi connectivity index (χ0) is 9.84. The molecule has 0 amide bonds. The molecule has 0 aromatic heterocycles. The lowest BCUT2D eigenvalue weighted by atomic mass is 10.2. The van der Waals surface area contributed by atoms with Crippen LogP contribution in [-0.4, -0.2) is 13.2 Å². The molecule has 5 heteroatoms. The maximum atomic E-state index is 5.90. The summed E-state index contributed by atoms with van der Waals surface area (Å²) in [7, 11) is 0. The molecule has 1 aromatic rings. The van der Waals surface area contributed by atoms with E-state index < -0.39 is 0 Å². The van der Waals surface area contributed by atoms with Crippen LogP contribution in [0.4, 0.5) is 0 Å². The SMILES string of the molecule is Cc1c(Cl)cc(OCCN)cc1Cl.Cl. The minimum absolute atomic E-state index is 0. The molecule has 0 aliphatic heterocycles. The zero-order valence-electron chi connectivity index (χ0n) is 7.72. The van der Waals surface area contributed by atoms with E-state index in [1.807, 2.05) is 6.92 Å². The van der Waals surface area contributed by atoms with E-state index in [-0.39, 0.29) is 12.4 Å². The number of nitrogens with two attached hydrogens (primary N) is 1. The van der Waals surface area contributed by atoms with Crippen molar-refractivity contribution < 1.29 is 4.74 Å². The summed E-state index contributed by atoms with van der Waals surface area (Å²) >= 11 is 11.8. The minimum Gasteiger partial charge on any atom is -0.492 e. The molecule has 2 N–H and O–H groups in total. The number of benzene rings is 1. The summed E-state index contributed by atoms with van der Waals surface area (Å²) in [4.78, 5) is 0. The molecule has 0 saturated carbocycles. The Morgan fingerprint density at radius 2 is 1.79 bits per heavy atom. The highest BCUT2D eigenvalue weighted by molar-refractivity contribution is 6.36. The van der Waals surface area contributed by atoms with Crippen molar-refractivity contribution in [1.82, 2.24) is 0 Å². The predicted molar refractivity (Wildman–Crippen MR) is 63.0 cm³/mol. The fraction of sp³-hybridized carbons (Fsp3) is 0.333. The lowest BCUT2D eigenvalue weighted by molar-refractivity contribution is 0.328. The molecule has 1 rings (SSSR count). The van der Waals surface area contributed by atoms with Crippen molar-refractivity contribution in [1.29, 1.82) is 0 Å². The largest absolute Gasteiger partial charge is 0.492 e. The van der Waals surface area contributed by atoms with E-state index >= 15 is 0 Å². The third-order valence-electron chi connectivity index (χ3n) is 1.64. The molecule has 0 unspecified atom stereocenters. The van der Waals surface area contributed by atoms with Gasteiger partial charge in [0.15, 0.2) is 0 Å². The predicted octanol–water partition coefficient (Wildman–Crippen LogP) is 3.06. The van der Waals surface area contributed by atoms with Gasteiger partial charge in [-0.3, -0.25) is 0 Å². The quantitative estimate of drug-likeness (QED) is 0.902. The Bertz CT molecular complexity index is 281. The Kier molecular flexibility index (Phi) is 6.29. The van der Waals surface area contributed by atoms with Crippen molar-refractivity contribution in [3.05, 3.63) is 27.7 Å². The molecule has 0 bridgehead atoms. The smallest absolute Gasteiger partial charge is 0.122 e. The molecule has 0 atom stereocenters. The number of ether oxygens (including phenoxy) is 1. The summed E-state index contributed by atoms with van der Waals surface area (Å²) in [5.41, 5.74) is 6.16. The van der Waals surface area contributed by atoms with Gasteiger partial charge in [-0.15, -0.1) is 12.4 Å². The van der Waals surface area contributed by atoms with Crippen LogP contribution >= 0.6 is 35.6 Å². The Balaban J connectivity index is 0.00000169. The van der Waals surface area contributed by atoms with Crippen molar-refractivity contribution in [3.63, 3.8) is 0 Å². The summed E-state index contributed by atoms with van der Waals surface area (Å²) in [6, 6.07) is 3.47. The van der Waals surface area contributed by atoms with E-state index in [4.69, 9.17) is 33.7 Å². The lowest BCUT2D eigenvalue weighted by Crippen LogP contribution is -2.10. The maximum absolute atomic E-state index is 5.90. The van der Waals surface area contributed by atoms with E-state index in [1.165, 1.54) is 0 Å². The van der Waals surface area contributed by atoms with E-state index in [9.17, 15) is 0 Å². The number of hydrogen-bond donors (Lipinski definition) is 1. The molecule has 0 fully saturated rings. The number of hydrogen-bond acceptors (Lipinski definition) is 2. The molecule has 0 aliphatic rings. The van der Waals surface area contributed by atoms with Gasteiger partial charge < -0.3 is 10.5 Å². The Hall–Kier alpha value is -0.150. The third kappa shape index (κ3) is 3.54. The molecule has 2 nitrogen and oxygen atoms in total. The summed E-state index contributed by atoms with van der Waals surface area (Å²) < 4.78 is 5.28. The summed E-state index contributed by atoms with van der Waals surface area (Å²) in [6.45, 7) is 2.80. The molecular formula is C9H12Cl3NO. The molecule has 0 aliphatic carbocycles. The number of halogens is 3. The standard InChI is InChI=1S/C9H11Cl2NO.ClH/c1-6-8(10)4-7(5-9(6)11)13-3-2-12;/h4-5H,2-3,12H2,1H3;1H. The topological polar surface area (TPSA) is 35.2 Å². The van der Waals surface area contributed by atoms with Crippen molar-refractivity contribution in [2.75, 3.05) is 13.2 Å². The Morgan fingerprint density at radius 1 is 1.29 bits per heavy atom. The van der Waals surface area contributed by atoms with Crippen LogP contribution in [0.5, 0.6) is 5.75 Å². The van der Waals surface area contributed by atoms with Crippen LogP contribution < -0.4 is 10.5 Å². The van der Waals surface area contributed by atoms with E-state index in [0.29, 0.717) is 28.9 Å². The molecule has 0 radical (unpaired) electrons. The lowest BCUT2D eigenvalue weighted by Gasteiger charge is -2.07. The normalized spacial score (nSPS) is 9.43. The molecule has 0 heterocycles. The van der Waals surface area contributed by atoms with Crippen LogP contribution in [0.3, 0.4) is 0 Å². The van der Waals surface area contributed by atoms with Crippen LogP contribution in [-0.2, 0) is 0 Å². The Morgan fingerprint density at radius 3 is 2.21 bits per heavy atom. The molecule has 0 saturated heterocycles. The summed E-state index contributed by atoms with van der Waals surface area (Å²) in [5.74, 6) is 0.658. The average molecular weight is 257 g/mol. The second-order valence-corrected chi connectivity index (χ2v) is 3.46. The van der Waals surface area contributed by atoms with E-state index in [2.05, 4.69) is 0 Å². The second kappa shape index (κ2) is 6.36. The van der Waals surface area contributed by atoms with Crippen molar-refractivity contribution >= 4 is 35.6 Å². The van der Waals surface area contributed by atoms with Crippen molar-refractivity contribution in [2.24, 2.45) is 5.73 Å². The first-order valence-corrected chi connectivity index (χ1v) is 4.69. The van der Waals surface area contributed by atoms with Crippen LogP contribution in [0.1, 0.15) is 5.56 Å². The van der Waals surface area contributed by atoms with Crippen LogP contribution in [0, 0.1) is 6.92 Å². The fourth-order valence-corrected chi connectivity index (χ4v) is 1.35. The first-order valence-electron chi connectivity index (χ1n) is 3.93. The first kappa shape index (κ1) is 13.8. The molecular weight excluding hydrogens is 244 g/mol. The highest BCUT2D eigenvalue weighted by atomic mass is 35.5. The fourth-order valence-electron chi connectivity index (χ4n) is 0.882. The zero-order valence-corrected chi connectivity index (χ0v) is 10.0. The van der Waals surface area contributed by atoms with Gasteiger partial charge in [-0.05, 0) is 24.6 Å². The van der Waals surface area contributed by atoms with Gasteiger partial charge in [0.05, 0.1) is 0 Å². The van der Waals surface area contributed by atoms with Gasteiger partial charge in [0, 0.05) is 16.6 Å². The third-order valence-corrected chi connectivity index (χ3v) is 2.43. The molecule has 80 valence electrons. The van der Waals surface area contributed by atoms with Crippen LogP contribution in [0.2, 0.25) is 10.0 Å². The van der Waals surface area contributed by atoms with E-state index in [0.717, 1.165) is 5.56 Å².